The Bertz CT molecular complexity index is 459. The molecule has 0 aliphatic rings. The van der Waals surface area contributed by atoms with E-state index in [0.29, 0.717) is 0 Å². The van der Waals surface area contributed by atoms with Crippen LogP contribution < -0.4 is 5.32 Å². The number of carbonyl (C=O) groups excluding carboxylic acids is 1. The van der Waals surface area contributed by atoms with Gasteiger partial charge in [0, 0.05) is 18.2 Å². The fourth-order valence-electron chi connectivity index (χ4n) is 1.24. The summed E-state index contributed by atoms with van der Waals surface area (Å²) in [7, 11) is 0. The normalized spacial score (nSPS) is 12.6. The van der Waals surface area contributed by atoms with E-state index in [1.54, 1.807) is 0 Å². The van der Waals surface area contributed by atoms with Gasteiger partial charge in [0.05, 0.1) is 6.54 Å². The molecule has 0 saturated heterocycles. The molecule has 0 aliphatic heterocycles. The lowest BCUT2D eigenvalue weighted by Crippen LogP contribution is -2.33. The second-order valence-corrected chi connectivity index (χ2v) is 3.58. The van der Waals surface area contributed by atoms with Gasteiger partial charge < -0.3 is 20.5 Å². The van der Waals surface area contributed by atoms with Gasteiger partial charge in [0.2, 0.25) is 5.91 Å². The first-order valence-corrected chi connectivity index (χ1v) is 5.36. The van der Waals surface area contributed by atoms with Crippen molar-refractivity contribution in [3.8, 4) is 0 Å². The number of amides is 1. The van der Waals surface area contributed by atoms with Crippen molar-refractivity contribution in [1.82, 2.24) is 14.9 Å². The molecule has 0 aliphatic carbocycles. The third-order valence-electron chi connectivity index (χ3n) is 1.99. The Morgan fingerprint density at radius 1 is 1.78 bits per heavy atom. The van der Waals surface area contributed by atoms with E-state index >= 15 is 0 Å². The summed E-state index contributed by atoms with van der Waals surface area (Å²) >= 11 is 5.19. The lowest BCUT2D eigenvalue weighted by Gasteiger charge is -2.10. The first kappa shape index (κ1) is 14.1. The second kappa shape index (κ2) is 6.72. The maximum atomic E-state index is 11.0. The van der Waals surface area contributed by atoms with Gasteiger partial charge in [-0.3, -0.25) is 4.79 Å². The van der Waals surface area contributed by atoms with Gasteiger partial charge in [-0.05, 0) is 4.92 Å². The van der Waals surface area contributed by atoms with Crippen LogP contribution in [0, 0.1) is 10.1 Å². The molecule has 8 nitrogen and oxygen atoms in total. The van der Waals surface area contributed by atoms with Crippen molar-refractivity contribution in [3.63, 3.8) is 0 Å². The van der Waals surface area contributed by atoms with Crippen molar-refractivity contribution in [1.29, 1.82) is 0 Å². The molecule has 0 aromatic carbocycles. The van der Waals surface area contributed by atoms with Crippen LogP contribution in [0.15, 0.2) is 24.0 Å². The van der Waals surface area contributed by atoms with Gasteiger partial charge in [0.25, 0.3) is 0 Å². The predicted molar refractivity (Wildman–Crippen MR) is 62.9 cm³/mol. The highest BCUT2D eigenvalue weighted by molar-refractivity contribution is 6.26. The molecule has 1 unspecified atom stereocenters. The molecule has 0 bridgehead atoms. The summed E-state index contributed by atoms with van der Waals surface area (Å²) in [6.07, 6.45) is 2.76. The lowest BCUT2D eigenvalue weighted by atomic mass is 10.3. The molecule has 2 N–H and O–H groups in total. The van der Waals surface area contributed by atoms with Crippen molar-refractivity contribution in [2.45, 2.75) is 12.6 Å². The number of hydrogen-bond acceptors (Lipinski definition) is 5. The third-order valence-corrected chi connectivity index (χ3v) is 2.12. The SMILES string of the molecule is O=C(/C=C/Cl)NCC(O)Cn1ccnc1[N+](=O)[O-]. The molecular formula is C9H11ClN4O4. The van der Waals surface area contributed by atoms with E-state index in [-0.39, 0.29) is 19.0 Å². The number of nitrogens with zero attached hydrogens (tertiary/aromatic N) is 3. The number of aliphatic hydroxyl groups excluding tert-OH is 1. The van der Waals surface area contributed by atoms with Crippen molar-refractivity contribution < 1.29 is 14.8 Å². The van der Waals surface area contributed by atoms with Crippen LogP contribution in [0.3, 0.4) is 0 Å². The minimum atomic E-state index is -0.967. The Morgan fingerprint density at radius 2 is 2.50 bits per heavy atom. The van der Waals surface area contributed by atoms with Crippen LogP contribution in [-0.4, -0.2) is 38.1 Å². The number of nitro groups is 1. The van der Waals surface area contributed by atoms with Crippen LogP contribution in [0.25, 0.3) is 0 Å². The molecule has 98 valence electrons. The Morgan fingerprint density at radius 3 is 3.11 bits per heavy atom. The molecule has 1 amide bonds. The number of aliphatic hydroxyl groups is 1. The first-order chi connectivity index (χ1) is 8.54. The number of nitrogens with one attached hydrogen (secondary N) is 1. The minimum absolute atomic E-state index is 0.0405. The third kappa shape index (κ3) is 4.15. The minimum Gasteiger partial charge on any atom is -0.390 e. The summed E-state index contributed by atoms with van der Waals surface area (Å²) in [6.45, 7) is -0.0867. The molecule has 0 spiro atoms. The van der Waals surface area contributed by atoms with Gasteiger partial charge in [-0.2, -0.15) is 0 Å². The molecule has 0 radical (unpaired) electrons. The zero-order valence-corrected chi connectivity index (χ0v) is 9.95. The van der Waals surface area contributed by atoms with Gasteiger partial charge >= 0.3 is 5.95 Å². The lowest BCUT2D eigenvalue weighted by molar-refractivity contribution is -0.397. The molecule has 1 rings (SSSR count). The zero-order chi connectivity index (χ0) is 13.5. The standard InChI is InChI=1S/C9H11ClN4O4/c10-2-1-8(16)12-5-7(15)6-13-4-3-11-9(13)14(17)18/h1-4,7,15H,5-6H2,(H,12,16)/b2-1+. The van der Waals surface area contributed by atoms with Crippen LogP contribution in [-0.2, 0) is 11.3 Å². The summed E-state index contributed by atoms with van der Waals surface area (Å²) in [4.78, 5) is 24.4. The molecule has 1 atom stereocenters. The Balaban J connectivity index is 2.49. The van der Waals surface area contributed by atoms with Crippen molar-refractivity contribution in [3.05, 3.63) is 34.1 Å². The fourth-order valence-corrected chi connectivity index (χ4v) is 1.36. The van der Waals surface area contributed by atoms with E-state index in [2.05, 4.69) is 10.3 Å². The molecule has 9 heteroatoms. The largest absolute Gasteiger partial charge is 0.434 e. The van der Waals surface area contributed by atoms with Gasteiger partial charge in [0.1, 0.15) is 18.5 Å². The highest BCUT2D eigenvalue weighted by atomic mass is 35.5. The number of rotatable bonds is 6. The van der Waals surface area contributed by atoms with Gasteiger partial charge in [-0.25, -0.2) is 4.57 Å². The highest BCUT2D eigenvalue weighted by Crippen LogP contribution is 2.07. The van der Waals surface area contributed by atoms with Crippen LogP contribution in [0.1, 0.15) is 0 Å². The Labute approximate surface area is 107 Å². The fraction of sp³-hybridized carbons (Fsp3) is 0.333. The van der Waals surface area contributed by atoms with Gasteiger partial charge in [-0.15, -0.1) is 0 Å². The topological polar surface area (TPSA) is 110 Å². The Hall–Kier alpha value is -1.93. The number of imidazole rings is 1. The van der Waals surface area contributed by atoms with E-state index in [4.69, 9.17) is 11.6 Å². The first-order valence-electron chi connectivity index (χ1n) is 4.92. The monoisotopic (exact) mass is 274 g/mol. The van der Waals surface area contributed by atoms with Crippen molar-refractivity contribution >= 4 is 23.5 Å². The maximum Gasteiger partial charge on any atom is 0.434 e. The quantitative estimate of drug-likeness (QED) is 0.432. The van der Waals surface area contributed by atoms with E-state index in [1.807, 2.05) is 0 Å². The smallest absolute Gasteiger partial charge is 0.390 e. The molecule has 18 heavy (non-hydrogen) atoms. The second-order valence-electron chi connectivity index (χ2n) is 3.33. The van der Waals surface area contributed by atoms with Crippen molar-refractivity contribution in [2.75, 3.05) is 6.54 Å². The molecule has 0 fully saturated rings. The average Bonchev–Trinajstić information content (AvgIpc) is 2.75. The molecule has 1 aromatic rings. The van der Waals surface area contributed by atoms with Crippen LogP contribution in [0.4, 0.5) is 5.95 Å². The van der Waals surface area contributed by atoms with Crippen LogP contribution in [0.2, 0.25) is 0 Å². The average molecular weight is 275 g/mol. The summed E-state index contributed by atoms with van der Waals surface area (Å²) in [6, 6.07) is 0. The molecule has 1 heterocycles. The van der Waals surface area contributed by atoms with Crippen LogP contribution in [0.5, 0.6) is 0 Å². The number of carbonyl (C=O) groups is 1. The summed E-state index contributed by atoms with van der Waals surface area (Å²) in [5.74, 6) is -0.815. The van der Waals surface area contributed by atoms with Crippen LogP contribution >= 0.6 is 11.6 Å². The van der Waals surface area contributed by atoms with E-state index < -0.39 is 16.9 Å². The maximum absolute atomic E-state index is 11.0. The molecular weight excluding hydrogens is 264 g/mol. The molecule has 0 saturated carbocycles. The van der Waals surface area contributed by atoms with E-state index in [9.17, 15) is 20.0 Å². The van der Waals surface area contributed by atoms with Crippen molar-refractivity contribution in [2.24, 2.45) is 0 Å². The summed E-state index contributed by atoms with van der Waals surface area (Å²) in [5, 5.41) is 22.5. The Kier molecular flexibility index (Phi) is 5.28. The summed E-state index contributed by atoms with van der Waals surface area (Å²) in [5.41, 5.74) is 1.04. The zero-order valence-electron chi connectivity index (χ0n) is 9.19. The predicted octanol–water partition coefficient (Wildman–Crippen LogP) is 0.0209. The van der Waals surface area contributed by atoms with Gasteiger partial charge in [-0.1, -0.05) is 16.6 Å². The number of hydrogen-bond donors (Lipinski definition) is 2. The summed E-state index contributed by atoms with van der Waals surface area (Å²) < 4.78 is 1.19. The molecule has 1 aromatic heterocycles. The van der Waals surface area contributed by atoms with E-state index in [0.717, 1.165) is 11.6 Å². The number of aromatic nitrogens is 2. The van der Waals surface area contributed by atoms with Gasteiger partial charge in [0.15, 0.2) is 0 Å². The number of halogens is 1. The highest BCUT2D eigenvalue weighted by Gasteiger charge is 2.17. The van der Waals surface area contributed by atoms with E-state index in [1.165, 1.54) is 17.0 Å².